The van der Waals surface area contributed by atoms with Gasteiger partial charge in [-0.1, -0.05) is 17.7 Å². The average Bonchev–Trinajstić information content (AvgIpc) is 1.91. The van der Waals surface area contributed by atoms with Gasteiger partial charge in [-0.3, -0.25) is 4.98 Å². The van der Waals surface area contributed by atoms with Crippen LogP contribution in [0.2, 0.25) is 0 Å². The number of rotatable bonds is 1. The van der Waals surface area contributed by atoms with Crippen molar-refractivity contribution in [3.8, 4) is 0 Å². The van der Waals surface area contributed by atoms with E-state index >= 15 is 0 Å². The van der Waals surface area contributed by atoms with Crippen molar-refractivity contribution in [2.45, 2.75) is 0 Å². The van der Waals surface area contributed by atoms with E-state index in [4.69, 9.17) is 11.6 Å². The summed E-state index contributed by atoms with van der Waals surface area (Å²) in [5.74, 6) is 0. The molecule has 1 heterocycles. The summed E-state index contributed by atoms with van der Waals surface area (Å²) >= 11 is 5.32. The average molecular weight is 140 g/mol. The summed E-state index contributed by atoms with van der Waals surface area (Å²) in [6, 6.07) is 5.67. The predicted molar refractivity (Wildman–Crippen MR) is 39.1 cm³/mol. The summed E-state index contributed by atoms with van der Waals surface area (Å²) in [6.07, 6.45) is 3.47. The van der Waals surface area contributed by atoms with Crippen LogP contribution in [0.25, 0.3) is 6.08 Å². The van der Waals surface area contributed by atoms with Crippen LogP contribution in [0.5, 0.6) is 0 Å². The highest BCUT2D eigenvalue weighted by atomic mass is 35.5. The van der Waals surface area contributed by atoms with Gasteiger partial charge in [0.1, 0.15) is 0 Å². The second-order valence-corrected chi connectivity index (χ2v) is 1.80. The second kappa shape index (κ2) is 3.25. The molecule has 0 aliphatic heterocycles. The highest BCUT2D eigenvalue weighted by Crippen LogP contribution is 1.96. The molecule has 0 atom stereocenters. The largest absolute Gasteiger partial charge is 0.257 e. The van der Waals surface area contributed by atoms with Crippen LogP contribution in [-0.2, 0) is 0 Å². The van der Waals surface area contributed by atoms with Crippen LogP contribution in [0.1, 0.15) is 5.69 Å². The maximum atomic E-state index is 5.32. The molecule has 0 radical (unpaired) electrons. The van der Waals surface area contributed by atoms with Gasteiger partial charge in [-0.2, -0.15) is 0 Å². The van der Waals surface area contributed by atoms with Crippen LogP contribution in [0.4, 0.5) is 0 Å². The minimum atomic E-state index is 0.882. The molecule has 0 N–H and O–H groups in total. The first-order valence-electron chi connectivity index (χ1n) is 2.61. The molecule has 0 spiro atoms. The first-order chi connectivity index (χ1) is 4.43. The van der Waals surface area contributed by atoms with E-state index in [1.165, 1.54) is 5.54 Å². The molecular weight excluding hydrogens is 134 g/mol. The first kappa shape index (κ1) is 6.30. The zero-order valence-electron chi connectivity index (χ0n) is 4.79. The number of nitrogens with zero attached hydrogens (tertiary/aromatic N) is 1. The Balaban J connectivity index is 2.85. The lowest BCUT2D eigenvalue weighted by Gasteiger charge is -1.85. The molecule has 2 heteroatoms. The molecule has 46 valence electrons. The molecular formula is C7H6ClN. The lowest BCUT2D eigenvalue weighted by atomic mass is 10.3. The Labute approximate surface area is 59.0 Å². The molecule has 0 bridgehead atoms. The quantitative estimate of drug-likeness (QED) is 0.582. The molecule has 0 amide bonds. The summed E-state index contributed by atoms with van der Waals surface area (Å²) in [5.41, 5.74) is 2.33. The van der Waals surface area contributed by atoms with E-state index < -0.39 is 0 Å². The third-order valence-electron chi connectivity index (χ3n) is 0.922. The Morgan fingerprint density at radius 3 is 2.89 bits per heavy atom. The fourth-order valence-electron chi connectivity index (χ4n) is 0.539. The maximum Gasteiger partial charge on any atom is 0.0638 e. The van der Waals surface area contributed by atoms with Crippen LogP contribution >= 0.6 is 11.6 Å². The minimum Gasteiger partial charge on any atom is -0.257 e. The Bertz CT molecular complexity index is 193. The summed E-state index contributed by atoms with van der Waals surface area (Å²) in [6.45, 7) is 0. The molecule has 0 saturated carbocycles. The minimum absolute atomic E-state index is 0.882. The van der Waals surface area contributed by atoms with Crippen molar-refractivity contribution in [2.75, 3.05) is 0 Å². The van der Waals surface area contributed by atoms with E-state index in [9.17, 15) is 0 Å². The maximum absolute atomic E-state index is 5.32. The van der Waals surface area contributed by atoms with Gasteiger partial charge in [0, 0.05) is 11.7 Å². The molecule has 0 saturated heterocycles. The van der Waals surface area contributed by atoms with Crippen LogP contribution in [0.3, 0.4) is 0 Å². The first-order valence-corrected chi connectivity index (χ1v) is 3.05. The summed E-state index contributed by atoms with van der Waals surface area (Å²) in [5, 5.41) is 0. The Kier molecular flexibility index (Phi) is 2.28. The third kappa shape index (κ3) is 1.86. The summed E-state index contributed by atoms with van der Waals surface area (Å²) < 4.78 is 0. The Morgan fingerprint density at radius 1 is 1.44 bits per heavy atom. The SMILES string of the molecule is ClC=Cc1ccccn1. The van der Waals surface area contributed by atoms with Gasteiger partial charge in [0.25, 0.3) is 0 Å². The number of pyridine rings is 1. The molecule has 1 aromatic heterocycles. The van der Waals surface area contributed by atoms with Gasteiger partial charge in [-0.15, -0.1) is 0 Å². The normalized spacial score (nSPS) is 10.3. The fraction of sp³-hybridized carbons (Fsp3) is 0. The van der Waals surface area contributed by atoms with Crippen LogP contribution < -0.4 is 0 Å². The third-order valence-corrected chi connectivity index (χ3v) is 1.05. The van der Waals surface area contributed by atoms with E-state index in [1.807, 2.05) is 18.2 Å². The summed E-state index contributed by atoms with van der Waals surface area (Å²) in [4.78, 5) is 4.00. The van der Waals surface area contributed by atoms with E-state index in [-0.39, 0.29) is 0 Å². The zero-order chi connectivity index (χ0) is 6.53. The van der Waals surface area contributed by atoms with E-state index in [1.54, 1.807) is 12.3 Å². The summed E-state index contributed by atoms with van der Waals surface area (Å²) in [7, 11) is 0. The smallest absolute Gasteiger partial charge is 0.0638 e. The molecule has 0 unspecified atom stereocenters. The van der Waals surface area contributed by atoms with E-state index in [0.717, 1.165) is 5.69 Å². The lowest BCUT2D eigenvalue weighted by Crippen LogP contribution is -1.74. The molecule has 1 aromatic rings. The van der Waals surface area contributed by atoms with Crippen molar-refractivity contribution >= 4 is 17.7 Å². The Morgan fingerprint density at radius 2 is 2.33 bits per heavy atom. The molecule has 0 aliphatic carbocycles. The monoisotopic (exact) mass is 139 g/mol. The number of halogens is 1. The van der Waals surface area contributed by atoms with Gasteiger partial charge < -0.3 is 0 Å². The van der Waals surface area contributed by atoms with Gasteiger partial charge >= 0.3 is 0 Å². The van der Waals surface area contributed by atoms with Crippen molar-refractivity contribution in [2.24, 2.45) is 0 Å². The predicted octanol–water partition coefficient (Wildman–Crippen LogP) is 2.29. The van der Waals surface area contributed by atoms with Crippen LogP contribution in [0.15, 0.2) is 29.9 Å². The molecule has 0 fully saturated rings. The van der Waals surface area contributed by atoms with Crippen molar-refractivity contribution < 1.29 is 0 Å². The number of hydrogen-bond acceptors (Lipinski definition) is 1. The molecule has 0 aliphatic rings. The molecule has 9 heavy (non-hydrogen) atoms. The fourth-order valence-corrected chi connectivity index (χ4v) is 0.668. The van der Waals surface area contributed by atoms with Crippen molar-refractivity contribution in [1.82, 2.24) is 4.98 Å². The zero-order valence-corrected chi connectivity index (χ0v) is 5.55. The van der Waals surface area contributed by atoms with Crippen molar-refractivity contribution in [3.05, 3.63) is 35.6 Å². The standard InChI is InChI=1S/C7H6ClN/c8-5-4-7-3-1-2-6-9-7/h1-6H. The lowest BCUT2D eigenvalue weighted by molar-refractivity contribution is 1.30. The molecule has 1 nitrogen and oxygen atoms in total. The highest BCUT2D eigenvalue weighted by Gasteiger charge is 1.79. The Hall–Kier alpha value is -0.820. The number of hydrogen-bond donors (Lipinski definition) is 0. The topological polar surface area (TPSA) is 12.9 Å². The van der Waals surface area contributed by atoms with E-state index in [0.29, 0.717) is 0 Å². The number of aromatic nitrogens is 1. The van der Waals surface area contributed by atoms with Gasteiger partial charge in [0.2, 0.25) is 0 Å². The van der Waals surface area contributed by atoms with E-state index in [2.05, 4.69) is 4.98 Å². The highest BCUT2D eigenvalue weighted by molar-refractivity contribution is 6.27. The van der Waals surface area contributed by atoms with Gasteiger partial charge in [0.05, 0.1) is 5.69 Å². The van der Waals surface area contributed by atoms with Crippen molar-refractivity contribution in [3.63, 3.8) is 0 Å². The van der Waals surface area contributed by atoms with Gasteiger partial charge in [-0.25, -0.2) is 0 Å². The van der Waals surface area contributed by atoms with Gasteiger partial charge in [0.15, 0.2) is 0 Å². The van der Waals surface area contributed by atoms with Crippen LogP contribution in [-0.4, -0.2) is 4.98 Å². The van der Waals surface area contributed by atoms with Crippen LogP contribution in [0, 0.1) is 0 Å². The molecule has 0 aromatic carbocycles. The van der Waals surface area contributed by atoms with Gasteiger partial charge in [-0.05, 0) is 18.2 Å². The second-order valence-electron chi connectivity index (χ2n) is 1.55. The molecule has 1 rings (SSSR count). The van der Waals surface area contributed by atoms with Crippen molar-refractivity contribution in [1.29, 1.82) is 0 Å².